The molecule has 0 aliphatic carbocycles. The number of fused-ring (bicyclic) bond motifs is 1. The minimum absolute atomic E-state index is 0.196. The van der Waals surface area contributed by atoms with E-state index < -0.39 is 10.0 Å². The van der Waals surface area contributed by atoms with Crippen molar-refractivity contribution in [3.05, 3.63) is 53.0 Å². The molecular formula is C17H15ClN2O3S2. The molecule has 5 nitrogen and oxygen atoms in total. The van der Waals surface area contributed by atoms with E-state index >= 15 is 0 Å². The molecular weight excluding hydrogens is 380 g/mol. The van der Waals surface area contributed by atoms with Crippen LogP contribution in [0.3, 0.4) is 0 Å². The van der Waals surface area contributed by atoms with Crippen LogP contribution < -0.4 is 4.74 Å². The van der Waals surface area contributed by atoms with Gasteiger partial charge in [0.15, 0.2) is 0 Å². The maximum Gasteiger partial charge on any atom is 0.252 e. The molecule has 0 bridgehead atoms. The Labute approximate surface area is 154 Å². The van der Waals surface area contributed by atoms with E-state index in [-0.39, 0.29) is 10.3 Å². The molecule has 1 unspecified atom stereocenters. The second-order valence-electron chi connectivity index (χ2n) is 5.78. The van der Waals surface area contributed by atoms with Gasteiger partial charge in [-0.3, -0.25) is 4.98 Å². The monoisotopic (exact) mass is 394 g/mol. The number of ether oxygens (including phenoxy) is 1. The van der Waals surface area contributed by atoms with Gasteiger partial charge in [0.2, 0.25) is 0 Å². The lowest BCUT2D eigenvalue weighted by molar-refractivity contribution is 0.218. The van der Waals surface area contributed by atoms with E-state index in [9.17, 15) is 8.42 Å². The molecule has 1 aliphatic heterocycles. The van der Waals surface area contributed by atoms with Gasteiger partial charge in [0.1, 0.15) is 21.6 Å². The van der Waals surface area contributed by atoms with Gasteiger partial charge in [-0.2, -0.15) is 4.31 Å². The third-order valence-corrected chi connectivity index (χ3v) is 7.70. The van der Waals surface area contributed by atoms with Crippen LogP contribution in [0, 0.1) is 0 Å². The highest BCUT2D eigenvalue weighted by atomic mass is 35.5. The number of pyridine rings is 1. The standard InChI is InChI=1S/C17H15ClN2O3S2/c18-15-6-7-16(24-15)25(21,22)20-10-8-13(11-20)23-14-5-1-3-12-4-2-9-19-17(12)14/h1-7,9,13H,8,10-11H2. The Bertz CT molecular complexity index is 1010. The summed E-state index contributed by atoms with van der Waals surface area (Å²) in [6.45, 7) is 0.752. The van der Waals surface area contributed by atoms with Gasteiger partial charge in [-0.05, 0) is 30.7 Å². The number of nitrogens with zero attached hydrogens (tertiary/aromatic N) is 2. The minimum atomic E-state index is -3.51. The Morgan fingerprint density at radius 2 is 2.04 bits per heavy atom. The molecule has 3 heterocycles. The van der Waals surface area contributed by atoms with Crippen molar-refractivity contribution in [2.24, 2.45) is 0 Å². The number of sulfonamides is 1. The maximum absolute atomic E-state index is 12.7. The van der Waals surface area contributed by atoms with Crippen LogP contribution in [0.5, 0.6) is 5.75 Å². The summed E-state index contributed by atoms with van der Waals surface area (Å²) < 4.78 is 33.6. The van der Waals surface area contributed by atoms with Gasteiger partial charge < -0.3 is 4.74 Å². The molecule has 130 valence electrons. The predicted molar refractivity (Wildman–Crippen MR) is 98.9 cm³/mol. The van der Waals surface area contributed by atoms with E-state index in [0.717, 1.165) is 22.2 Å². The summed E-state index contributed by atoms with van der Waals surface area (Å²) in [4.78, 5) is 4.37. The van der Waals surface area contributed by atoms with Crippen LogP contribution in [0.25, 0.3) is 10.9 Å². The molecule has 1 saturated heterocycles. The topological polar surface area (TPSA) is 59.5 Å². The van der Waals surface area contributed by atoms with Crippen LogP contribution in [-0.4, -0.2) is 36.9 Å². The number of hydrogen-bond donors (Lipinski definition) is 0. The average Bonchev–Trinajstić information content (AvgIpc) is 3.25. The summed E-state index contributed by atoms with van der Waals surface area (Å²) in [5, 5.41) is 0.996. The molecule has 0 radical (unpaired) electrons. The third-order valence-electron chi connectivity index (χ3n) is 4.14. The Morgan fingerprint density at radius 1 is 1.20 bits per heavy atom. The smallest absolute Gasteiger partial charge is 0.252 e. The summed E-state index contributed by atoms with van der Waals surface area (Å²) in [5.74, 6) is 0.682. The van der Waals surface area contributed by atoms with E-state index in [1.807, 2.05) is 30.3 Å². The van der Waals surface area contributed by atoms with Gasteiger partial charge in [-0.25, -0.2) is 8.42 Å². The van der Waals surface area contributed by atoms with Crippen molar-refractivity contribution < 1.29 is 13.2 Å². The quantitative estimate of drug-likeness (QED) is 0.675. The lowest BCUT2D eigenvalue weighted by Crippen LogP contribution is -2.30. The summed E-state index contributed by atoms with van der Waals surface area (Å²) in [7, 11) is -3.51. The molecule has 3 aromatic rings. The van der Waals surface area contributed by atoms with Gasteiger partial charge in [-0.1, -0.05) is 29.8 Å². The number of thiophene rings is 1. The highest BCUT2D eigenvalue weighted by molar-refractivity contribution is 7.91. The van der Waals surface area contributed by atoms with Gasteiger partial charge >= 0.3 is 0 Å². The van der Waals surface area contributed by atoms with E-state index in [2.05, 4.69) is 4.98 Å². The van der Waals surface area contributed by atoms with Gasteiger partial charge in [0.05, 0.1) is 10.9 Å². The highest BCUT2D eigenvalue weighted by Gasteiger charge is 2.34. The van der Waals surface area contributed by atoms with Crippen LogP contribution in [0.1, 0.15) is 6.42 Å². The van der Waals surface area contributed by atoms with Gasteiger partial charge in [-0.15, -0.1) is 11.3 Å². The van der Waals surface area contributed by atoms with Crippen LogP contribution in [-0.2, 0) is 10.0 Å². The molecule has 0 saturated carbocycles. The van der Waals surface area contributed by atoms with Crippen LogP contribution in [0.4, 0.5) is 0 Å². The van der Waals surface area contributed by atoms with Crippen LogP contribution in [0.2, 0.25) is 4.34 Å². The van der Waals surface area contributed by atoms with Crippen LogP contribution >= 0.6 is 22.9 Å². The first-order valence-corrected chi connectivity index (χ1v) is 10.4. The lowest BCUT2D eigenvalue weighted by Gasteiger charge is -2.17. The second-order valence-corrected chi connectivity index (χ2v) is 9.66. The molecule has 1 fully saturated rings. The highest BCUT2D eigenvalue weighted by Crippen LogP contribution is 2.31. The number of benzene rings is 1. The largest absolute Gasteiger partial charge is 0.487 e. The number of rotatable bonds is 4. The maximum atomic E-state index is 12.7. The van der Waals surface area contributed by atoms with Crippen molar-refractivity contribution in [1.82, 2.24) is 9.29 Å². The van der Waals surface area contributed by atoms with E-state index in [1.54, 1.807) is 18.3 Å². The molecule has 0 spiro atoms. The first-order valence-electron chi connectivity index (χ1n) is 7.80. The molecule has 0 amide bonds. The SMILES string of the molecule is O=S(=O)(c1ccc(Cl)s1)N1CCC(Oc2cccc3cccnc23)C1. The zero-order valence-electron chi connectivity index (χ0n) is 13.1. The van der Waals surface area contributed by atoms with Gasteiger partial charge in [0.25, 0.3) is 10.0 Å². The van der Waals surface area contributed by atoms with Crippen LogP contribution in [0.15, 0.2) is 52.9 Å². The van der Waals surface area contributed by atoms with Crippen molar-refractivity contribution in [3.8, 4) is 5.75 Å². The normalized spacial score (nSPS) is 18.7. The van der Waals surface area contributed by atoms with Crippen molar-refractivity contribution in [1.29, 1.82) is 0 Å². The molecule has 2 aromatic heterocycles. The fraction of sp³-hybridized carbons (Fsp3) is 0.235. The fourth-order valence-electron chi connectivity index (χ4n) is 2.93. The number of halogens is 1. The Hall–Kier alpha value is -1.67. The first kappa shape index (κ1) is 16.8. The zero-order valence-corrected chi connectivity index (χ0v) is 15.5. The Kier molecular flexibility index (Phi) is 4.41. The summed E-state index contributed by atoms with van der Waals surface area (Å²) in [5.41, 5.74) is 0.788. The summed E-state index contributed by atoms with van der Waals surface area (Å²) in [6.07, 6.45) is 2.17. The number of hydrogen-bond acceptors (Lipinski definition) is 5. The molecule has 1 aliphatic rings. The predicted octanol–water partition coefficient (Wildman–Crippen LogP) is 3.79. The summed E-state index contributed by atoms with van der Waals surface area (Å²) in [6, 6.07) is 12.8. The fourth-order valence-corrected chi connectivity index (χ4v) is 6.05. The zero-order chi connectivity index (χ0) is 17.4. The van der Waals surface area contributed by atoms with Crippen molar-refractivity contribution in [2.75, 3.05) is 13.1 Å². The summed E-state index contributed by atoms with van der Waals surface area (Å²) >= 11 is 6.94. The number of aromatic nitrogens is 1. The van der Waals surface area contributed by atoms with Crippen molar-refractivity contribution in [3.63, 3.8) is 0 Å². The van der Waals surface area contributed by atoms with E-state index in [1.165, 1.54) is 4.31 Å². The van der Waals surface area contributed by atoms with E-state index in [0.29, 0.717) is 29.6 Å². The number of para-hydroxylation sites is 1. The van der Waals surface area contributed by atoms with Gasteiger partial charge in [0, 0.05) is 18.1 Å². The first-order chi connectivity index (χ1) is 12.0. The minimum Gasteiger partial charge on any atom is -0.487 e. The molecule has 4 rings (SSSR count). The average molecular weight is 395 g/mol. The Morgan fingerprint density at radius 3 is 2.84 bits per heavy atom. The molecule has 1 atom stereocenters. The molecule has 1 aromatic carbocycles. The second kappa shape index (κ2) is 6.57. The molecule has 8 heteroatoms. The molecule has 25 heavy (non-hydrogen) atoms. The third kappa shape index (κ3) is 3.25. The Balaban J connectivity index is 1.53. The van der Waals surface area contributed by atoms with Crippen molar-refractivity contribution >= 4 is 43.9 Å². The van der Waals surface area contributed by atoms with E-state index in [4.69, 9.17) is 16.3 Å². The van der Waals surface area contributed by atoms with Crippen molar-refractivity contribution in [2.45, 2.75) is 16.7 Å². The molecule has 0 N–H and O–H groups in total. The lowest BCUT2D eigenvalue weighted by atomic mass is 10.2.